The van der Waals surface area contributed by atoms with Gasteiger partial charge < -0.3 is 35.1 Å². The SMILES string of the molecule is CC(C)(C)OC(=O)N1CC(CN[C@@H](c2nc(-c3cc(F)ccc3F)cn2Cc2ccccc2)C(C)(C)C)C(C(=O)NCCN2C(=O)C=CC2=O)C1.OCCO. The topological polar surface area (TPSA) is 166 Å². The van der Waals surface area contributed by atoms with Gasteiger partial charge in [-0.15, -0.1) is 0 Å². The van der Waals surface area contributed by atoms with Crippen LogP contribution in [0.15, 0.2) is 66.9 Å². The Morgan fingerprint density at radius 1 is 0.964 bits per heavy atom. The largest absolute Gasteiger partial charge is 0.444 e. The number of carbonyl (C=O) groups excluding carboxylic acids is 4. The van der Waals surface area contributed by atoms with Gasteiger partial charge in [0, 0.05) is 69.1 Å². The van der Waals surface area contributed by atoms with Crippen molar-refractivity contribution in [2.75, 3.05) is 45.9 Å². The predicted molar refractivity (Wildman–Crippen MR) is 201 cm³/mol. The lowest BCUT2D eigenvalue weighted by Crippen LogP contribution is -2.44. The van der Waals surface area contributed by atoms with Crippen LogP contribution in [-0.2, 0) is 25.7 Å². The molecule has 4 amide bonds. The second-order valence-corrected chi connectivity index (χ2v) is 15.6. The van der Waals surface area contributed by atoms with E-state index >= 15 is 0 Å². The lowest BCUT2D eigenvalue weighted by molar-refractivity contribution is -0.137. The fourth-order valence-electron chi connectivity index (χ4n) is 6.37. The summed E-state index contributed by atoms with van der Waals surface area (Å²) in [5, 5.41) is 21.7. The van der Waals surface area contributed by atoms with Gasteiger partial charge >= 0.3 is 6.09 Å². The molecule has 298 valence electrons. The highest BCUT2D eigenvalue weighted by atomic mass is 19.1. The van der Waals surface area contributed by atoms with Crippen molar-refractivity contribution in [2.24, 2.45) is 17.3 Å². The fraction of sp³-hybridized carbons (Fsp3) is 0.475. The molecule has 1 fully saturated rings. The van der Waals surface area contributed by atoms with Gasteiger partial charge in [0.2, 0.25) is 5.91 Å². The van der Waals surface area contributed by atoms with Crippen LogP contribution >= 0.6 is 0 Å². The third kappa shape index (κ3) is 11.7. The summed E-state index contributed by atoms with van der Waals surface area (Å²) < 4.78 is 36.8. The highest BCUT2D eigenvalue weighted by Crippen LogP contribution is 2.36. The van der Waals surface area contributed by atoms with Crippen LogP contribution in [0.25, 0.3) is 11.3 Å². The number of imidazole rings is 1. The van der Waals surface area contributed by atoms with E-state index in [9.17, 15) is 28.0 Å². The van der Waals surface area contributed by atoms with Crippen molar-refractivity contribution in [1.29, 1.82) is 0 Å². The molecule has 1 aromatic heterocycles. The summed E-state index contributed by atoms with van der Waals surface area (Å²) in [6.45, 7) is 12.3. The van der Waals surface area contributed by atoms with Gasteiger partial charge in [-0.1, -0.05) is 51.1 Å². The molecule has 0 aliphatic carbocycles. The van der Waals surface area contributed by atoms with Crippen molar-refractivity contribution < 1.29 is 42.9 Å². The van der Waals surface area contributed by atoms with Gasteiger partial charge in [0.15, 0.2) is 0 Å². The summed E-state index contributed by atoms with van der Waals surface area (Å²) in [4.78, 5) is 58.2. The first-order chi connectivity index (χ1) is 25.9. The van der Waals surface area contributed by atoms with Crippen LogP contribution in [0.4, 0.5) is 13.6 Å². The van der Waals surface area contributed by atoms with E-state index in [1.165, 1.54) is 17.1 Å². The third-order valence-corrected chi connectivity index (χ3v) is 8.98. The number of aliphatic hydroxyl groups is 2. The number of amides is 4. The van der Waals surface area contributed by atoms with Gasteiger partial charge in [-0.2, -0.15) is 0 Å². The molecule has 5 rings (SSSR count). The summed E-state index contributed by atoms with van der Waals surface area (Å²) in [7, 11) is 0. The average Bonchev–Trinajstić information content (AvgIpc) is 3.82. The number of aliphatic hydroxyl groups excluding tert-OH is 2. The maximum absolute atomic E-state index is 15.0. The molecule has 2 aromatic carbocycles. The minimum absolute atomic E-state index is 0.0201. The van der Waals surface area contributed by atoms with E-state index in [2.05, 4.69) is 10.6 Å². The zero-order valence-corrected chi connectivity index (χ0v) is 32.2. The molecular formula is C40H52F2N6O7. The molecule has 13 nitrogen and oxygen atoms in total. The summed E-state index contributed by atoms with van der Waals surface area (Å²) in [6.07, 6.45) is 3.57. The number of benzene rings is 2. The standard InChI is InChI=1S/C38H46F2N6O5.C2H6O2/c1-37(2,3)33(34-43-30(27-18-26(39)12-13-29(27)40)23-44(34)20-24-10-8-7-9-11-24)42-19-25-21-45(36(50)51-38(4,5)6)22-28(25)35(49)41-16-17-46-31(47)14-15-32(46)48;3-1-2-4/h7-15,18,23,25,28,33,42H,16-17,19-22H2,1-6H3,(H,41,49);3-4H,1-2H2/t25?,28?,33-;/m0./s1. The van der Waals surface area contributed by atoms with Crippen molar-refractivity contribution in [1.82, 2.24) is 30.0 Å². The van der Waals surface area contributed by atoms with Crippen LogP contribution in [0, 0.1) is 28.9 Å². The first kappa shape index (κ1) is 42.7. The number of aromatic nitrogens is 2. The van der Waals surface area contributed by atoms with Crippen molar-refractivity contribution in [3.63, 3.8) is 0 Å². The van der Waals surface area contributed by atoms with E-state index in [4.69, 9.17) is 19.9 Å². The highest BCUT2D eigenvalue weighted by Gasteiger charge is 2.42. The maximum Gasteiger partial charge on any atom is 0.410 e. The minimum atomic E-state index is -0.736. The van der Waals surface area contributed by atoms with Gasteiger partial charge in [0.05, 0.1) is 30.9 Å². The Balaban J connectivity index is 0.00000160. The van der Waals surface area contributed by atoms with Crippen molar-refractivity contribution in [3.05, 3.63) is 89.9 Å². The Morgan fingerprint density at radius 3 is 2.22 bits per heavy atom. The molecule has 4 N–H and O–H groups in total. The first-order valence-corrected chi connectivity index (χ1v) is 18.2. The number of hydrogen-bond acceptors (Lipinski definition) is 9. The van der Waals surface area contributed by atoms with E-state index in [-0.39, 0.29) is 62.5 Å². The van der Waals surface area contributed by atoms with E-state index in [1.807, 2.05) is 55.7 Å². The normalized spacial score (nSPS) is 17.6. The predicted octanol–water partition coefficient (Wildman–Crippen LogP) is 4.05. The number of hydrogen-bond donors (Lipinski definition) is 4. The summed E-state index contributed by atoms with van der Waals surface area (Å²) >= 11 is 0. The van der Waals surface area contributed by atoms with E-state index < -0.39 is 52.5 Å². The third-order valence-electron chi connectivity index (χ3n) is 8.98. The van der Waals surface area contributed by atoms with Crippen LogP contribution in [0.1, 0.15) is 59.0 Å². The summed E-state index contributed by atoms with van der Waals surface area (Å²) in [6, 6.07) is 12.6. The van der Waals surface area contributed by atoms with Gasteiger partial charge in [0.1, 0.15) is 23.1 Å². The molecule has 0 radical (unpaired) electrons. The zero-order chi connectivity index (χ0) is 40.5. The molecule has 55 heavy (non-hydrogen) atoms. The summed E-state index contributed by atoms with van der Waals surface area (Å²) in [5.41, 5.74) is 0.142. The molecule has 0 bridgehead atoms. The van der Waals surface area contributed by atoms with E-state index in [0.29, 0.717) is 18.9 Å². The Morgan fingerprint density at radius 2 is 1.62 bits per heavy atom. The molecule has 2 aliphatic heterocycles. The van der Waals surface area contributed by atoms with Gasteiger partial charge in [-0.25, -0.2) is 18.6 Å². The Bertz CT molecular complexity index is 1820. The van der Waals surface area contributed by atoms with E-state index in [1.54, 1.807) is 27.0 Å². The molecule has 0 saturated carbocycles. The minimum Gasteiger partial charge on any atom is -0.444 e. The van der Waals surface area contributed by atoms with Crippen molar-refractivity contribution in [2.45, 2.75) is 59.7 Å². The average molecular weight is 767 g/mol. The molecule has 3 heterocycles. The number of likely N-dealkylation sites (tertiary alicyclic amines) is 1. The molecule has 15 heteroatoms. The molecule has 3 aromatic rings. The second kappa shape index (κ2) is 18.6. The number of imide groups is 1. The van der Waals surface area contributed by atoms with Crippen LogP contribution in [-0.4, -0.2) is 105 Å². The number of halogens is 2. The smallest absolute Gasteiger partial charge is 0.410 e. The fourth-order valence-corrected chi connectivity index (χ4v) is 6.37. The number of rotatable bonds is 12. The van der Waals surface area contributed by atoms with Gasteiger partial charge in [-0.05, 0) is 49.9 Å². The Kier molecular flexibility index (Phi) is 14.4. The molecule has 2 aliphatic rings. The molecular weight excluding hydrogens is 714 g/mol. The van der Waals surface area contributed by atoms with Crippen LogP contribution in [0.5, 0.6) is 0 Å². The Labute approximate surface area is 320 Å². The molecule has 1 saturated heterocycles. The lowest BCUT2D eigenvalue weighted by Gasteiger charge is -2.33. The number of ether oxygens (including phenoxy) is 1. The van der Waals surface area contributed by atoms with Crippen molar-refractivity contribution >= 4 is 23.8 Å². The van der Waals surface area contributed by atoms with Crippen LogP contribution in [0.2, 0.25) is 0 Å². The molecule has 3 atom stereocenters. The molecule has 0 spiro atoms. The summed E-state index contributed by atoms with van der Waals surface area (Å²) in [5.74, 6) is -2.74. The number of nitrogens with zero attached hydrogens (tertiary/aromatic N) is 4. The van der Waals surface area contributed by atoms with Crippen LogP contribution in [0.3, 0.4) is 0 Å². The highest BCUT2D eigenvalue weighted by molar-refractivity contribution is 6.12. The Hall–Kier alpha value is -4.99. The monoisotopic (exact) mass is 766 g/mol. The second-order valence-electron chi connectivity index (χ2n) is 15.6. The van der Waals surface area contributed by atoms with Gasteiger partial charge in [-0.3, -0.25) is 19.3 Å². The quantitative estimate of drug-likeness (QED) is 0.199. The van der Waals surface area contributed by atoms with Gasteiger partial charge in [0.25, 0.3) is 11.8 Å². The number of carbonyl (C=O) groups is 4. The first-order valence-electron chi connectivity index (χ1n) is 18.2. The molecule has 2 unspecified atom stereocenters. The maximum atomic E-state index is 15.0. The van der Waals surface area contributed by atoms with E-state index in [0.717, 1.165) is 28.7 Å². The lowest BCUT2D eigenvalue weighted by atomic mass is 9.85. The number of nitrogens with one attached hydrogen (secondary N) is 2. The van der Waals surface area contributed by atoms with Crippen molar-refractivity contribution in [3.8, 4) is 11.3 Å². The van der Waals surface area contributed by atoms with Crippen LogP contribution < -0.4 is 10.6 Å². The zero-order valence-electron chi connectivity index (χ0n) is 32.2.